The first-order valence-electron chi connectivity index (χ1n) is 7.85. The van der Waals surface area contributed by atoms with Crippen LogP contribution in [0.15, 0.2) is 60.7 Å². The van der Waals surface area contributed by atoms with E-state index in [2.05, 4.69) is 6.58 Å². The SMILES string of the molecule is C=C1CCC(c2ccc(OCc3ccccc3)c(F)c2)CC1. The van der Waals surface area contributed by atoms with Crippen LogP contribution in [0.3, 0.4) is 0 Å². The Morgan fingerprint density at radius 2 is 1.77 bits per heavy atom. The minimum Gasteiger partial charge on any atom is -0.486 e. The predicted octanol–water partition coefficient (Wildman–Crippen LogP) is 5.62. The summed E-state index contributed by atoms with van der Waals surface area (Å²) in [5.41, 5.74) is 3.44. The molecule has 1 saturated carbocycles. The average Bonchev–Trinajstić information content (AvgIpc) is 2.55. The summed E-state index contributed by atoms with van der Waals surface area (Å²) in [6.45, 7) is 4.42. The second kappa shape index (κ2) is 6.78. The van der Waals surface area contributed by atoms with E-state index in [0.29, 0.717) is 18.3 Å². The monoisotopic (exact) mass is 296 g/mol. The maximum atomic E-state index is 14.2. The smallest absolute Gasteiger partial charge is 0.165 e. The van der Waals surface area contributed by atoms with Crippen LogP contribution in [0.1, 0.15) is 42.7 Å². The van der Waals surface area contributed by atoms with Crippen molar-refractivity contribution in [2.45, 2.75) is 38.2 Å². The van der Waals surface area contributed by atoms with Gasteiger partial charge in [-0.1, -0.05) is 48.6 Å². The molecule has 0 bridgehead atoms. The molecule has 0 aliphatic heterocycles. The molecule has 0 atom stereocenters. The Morgan fingerprint density at radius 3 is 2.45 bits per heavy atom. The Labute approximate surface area is 131 Å². The highest BCUT2D eigenvalue weighted by Crippen LogP contribution is 2.36. The molecule has 0 aromatic heterocycles. The summed E-state index contributed by atoms with van der Waals surface area (Å²) in [6, 6.07) is 15.2. The summed E-state index contributed by atoms with van der Waals surface area (Å²) in [5, 5.41) is 0. The van der Waals surface area contributed by atoms with Gasteiger partial charge in [-0.25, -0.2) is 4.39 Å². The lowest BCUT2D eigenvalue weighted by atomic mass is 9.82. The largest absolute Gasteiger partial charge is 0.486 e. The minimum atomic E-state index is -0.266. The molecule has 1 fully saturated rings. The van der Waals surface area contributed by atoms with Crippen molar-refractivity contribution in [2.24, 2.45) is 0 Å². The molecule has 0 spiro atoms. The van der Waals surface area contributed by atoms with E-state index in [-0.39, 0.29) is 5.82 Å². The van der Waals surface area contributed by atoms with Crippen molar-refractivity contribution in [1.29, 1.82) is 0 Å². The van der Waals surface area contributed by atoms with E-state index >= 15 is 0 Å². The van der Waals surface area contributed by atoms with Gasteiger partial charge in [0.05, 0.1) is 0 Å². The number of ether oxygens (including phenoxy) is 1. The molecule has 22 heavy (non-hydrogen) atoms. The highest BCUT2D eigenvalue weighted by molar-refractivity contribution is 5.32. The molecular formula is C20H21FO. The van der Waals surface area contributed by atoms with Gasteiger partial charge in [-0.3, -0.25) is 0 Å². The maximum Gasteiger partial charge on any atom is 0.165 e. The molecule has 0 unspecified atom stereocenters. The maximum absolute atomic E-state index is 14.2. The molecular weight excluding hydrogens is 275 g/mol. The lowest BCUT2D eigenvalue weighted by molar-refractivity contribution is 0.290. The van der Waals surface area contributed by atoms with Crippen LogP contribution in [-0.2, 0) is 6.61 Å². The molecule has 0 amide bonds. The van der Waals surface area contributed by atoms with Crippen molar-refractivity contribution in [3.8, 4) is 5.75 Å². The molecule has 114 valence electrons. The summed E-state index contributed by atoms with van der Waals surface area (Å²) in [4.78, 5) is 0. The summed E-state index contributed by atoms with van der Waals surface area (Å²) in [7, 11) is 0. The average molecular weight is 296 g/mol. The lowest BCUT2D eigenvalue weighted by Gasteiger charge is -2.24. The lowest BCUT2D eigenvalue weighted by Crippen LogP contribution is -2.07. The van der Waals surface area contributed by atoms with Crippen LogP contribution in [0.5, 0.6) is 5.75 Å². The van der Waals surface area contributed by atoms with Gasteiger partial charge in [-0.05, 0) is 54.9 Å². The Bertz CT molecular complexity index is 638. The highest BCUT2D eigenvalue weighted by atomic mass is 19.1. The van der Waals surface area contributed by atoms with Crippen LogP contribution >= 0.6 is 0 Å². The predicted molar refractivity (Wildman–Crippen MR) is 87.5 cm³/mol. The van der Waals surface area contributed by atoms with E-state index in [1.54, 1.807) is 12.1 Å². The molecule has 2 aromatic rings. The summed E-state index contributed by atoms with van der Waals surface area (Å²) in [5.74, 6) is 0.508. The first-order valence-corrected chi connectivity index (χ1v) is 7.85. The quantitative estimate of drug-likeness (QED) is 0.665. The van der Waals surface area contributed by atoms with Crippen LogP contribution in [0.25, 0.3) is 0 Å². The van der Waals surface area contributed by atoms with Crippen LogP contribution in [-0.4, -0.2) is 0 Å². The summed E-state index contributed by atoms with van der Waals surface area (Å²) < 4.78 is 19.8. The Kier molecular flexibility index (Phi) is 4.57. The first kappa shape index (κ1) is 14.8. The first-order chi connectivity index (χ1) is 10.7. The number of hydrogen-bond donors (Lipinski definition) is 0. The Morgan fingerprint density at radius 1 is 1.05 bits per heavy atom. The van der Waals surface area contributed by atoms with Gasteiger partial charge < -0.3 is 4.74 Å². The molecule has 1 nitrogen and oxygen atoms in total. The molecule has 1 aliphatic rings. The van der Waals surface area contributed by atoms with Crippen molar-refractivity contribution in [1.82, 2.24) is 0 Å². The minimum absolute atomic E-state index is 0.266. The number of halogens is 1. The number of benzene rings is 2. The number of allylic oxidation sites excluding steroid dienone is 1. The zero-order valence-electron chi connectivity index (χ0n) is 12.7. The van der Waals surface area contributed by atoms with Crippen molar-refractivity contribution in [3.05, 3.63) is 77.6 Å². The Balaban J connectivity index is 1.66. The number of hydrogen-bond acceptors (Lipinski definition) is 1. The van der Waals surface area contributed by atoms with E-state index in [9.17, 15) is 4.39 Å². The zero-order valence-corrected chi connectivity index (χ0v) is 12.7. The molecule has 2 heteroatoms. The van der Waals surface area contributed by atoms with Gasteiger partial charge >= 0.3 is 0 Å². The van der Waals surface area contributed by atoms with Gasteiger partial charge in [-0.15, -0.1) is 0 Å². The highest BCUT2D eigenvalue weighted by Gasteiger charge is 2.18. The second-order valence-electron chi connectivity index (χ2n) is 5.99. The second-order valence-corrected chi connectivity index (χ2v) is 5.99. The van der Waals surface area contributed by atoms with E-state index < -0.39 is 0 Å². The third-order valence-corrected chi connectivity index (χ3v) is 4.36. The molecule has 0 saturated heterocycles. The third kappa shape index (κ3) is 3.56. The van der Waals surface area contributed by atoms with Gasteiger partial charge in [0.1, 0.15) is 6.61 Å². The molecule has 0 N–H and O–H groups in total. The van der Waals surface area contributed by atoms with Crippen molar-refractivity contribution in [3.63, 3.8) is 0 Å². The van der Waals surface area contributed by atoms with E-state index in [1.807, 2.05) is 36.4 Å². The normalized spacial score (nSPS) is 15.8. The Hall–Kier alpha value is -2.09. The van der Waals surface area contributed by atoms with E-state index in [1.165, 1.54) is 5.57 Å². The summed E-state index contributed by atoms with van der Waals surface area (Å²) >= 11 is 0. The van der Waals surface area contributed by atoms with Crippen LogP contribution in [0.4, 0.5) is 4.39 Å². The van der Waals surface area contributed by atoms with Gasteiger partial charge in [-0.2, -0.15) is 0 Å². The van der Waals surface area contributed by atoms with Gasteiger partial charge in [0.2, 0.25) is 0 Å². The van der Waals surface area contributed by atoms with Crippen LogP contribution in [0, 0.1) is 5.82 Å². The van der Waals surface area contributed by atoms with Gasteiger partial charge in [0.15, 0.2) is 11.6 Å². The molecule has 1 aliphatic carbocycles. The van der Waals surface area contributed by atoms with Crippen molar-refractivity contribution in [2.75, 3.05) is 0 Å². The van der Waals surface area contributed by atoms with Crippen LogP contribution in [0.2, 0.25) is 0 Å². The van der Waals surface area contributed by atoms with E-state index in [4.69, 9.17) is 4.74 Å². The molecule has 0 heterocycles. The molecule has 3 rings (SSSR count). The van der Waals surface area contributed by atoms with Gasteiger partial charge in [0, 0.05) is 0 Å². The fraction of sp³-hybridized carbons (Fsp3) is 0.300. The van der Waals surface area contributed by atoms with Crippen LogP contribution < -0.4 is 4.74 Å². The fourth-order valence-corrected chi connectivity index (χ4v) is 2.98. The zero-order chi connectivity index (χ0) is 15.4. The number of rotatable bonds is 4. The topological polar surface area (TPSA) is 9.23 Å². The fourth-order valence-electron chi connectivity index (χ4n) is 2.98. The standard InChI is InChI=1S/C20H21FO/c1-15-7-9-17(10-8-15)18-11-12-20(19(21)13-18)22-14-16-5-3-2-4-6-16/h2-6,11-13,17H,1,7-10,14H2. The third-order valence-electron chi connectivity index (χ3n) is 4.36. The van der Waals surface area contributed by atoms with E-state index in [0.717, 1.165) is 36.8 Å². The van der Waals surface area contributed by atoms with Crippen molar-refractivity contribution < 1.29 is 9.13 Å². The summed E-state index contributed by atoms with van der Waals surface area (Å²) in [6.07, 6.45) is 4.25. The molecule has 0 radical (unpaired) electrons. The molecule has 2 aromatic carbocycles. The van der Waals surface area contributed by atoms with Gasteiger partial charge in [0.25, 0.3) is 0 Å². The van der Waals surface area contributed by atoms with Crippen molar-refractivity contribution >= 4 is 0 Å².